The van der Waals surface area contributed by atoms with E-state index in [0.29, 0.717) is 16.0 Å². The van der Waals surface area contributed by atoms with Crippen LogP contribution >= 0.6 is 35.0 Å². The summed E-state index contributed by atoms with van der Waals surface area (Å²) in [6, 6.07) is 3.55. The summed E-state index contributed by atoms with van der Waals surface area (Å²) in [5, 5.41) is 10.5. The molecule has 0 bridgehead atoms. The maximum atomic E-state index is 10.8. The molecule has 1 aromatic carbocycles. The Kier molecular flexibility index (Phi) is 4.33. The second-order valence-electron chi connectivity index (χ2n) is 5.24. The van der Waals surface area contributed by atoms with E-state index in [1.807, 2.05) is 6.07 Å². The van der Waals surface area contributed by atoms with Crippen LogP contribution in [0.5, 0.6) is 0 Å². The molecule has 1 aliphatic carbocycles. The Bertz CT molecular complexity index is 698. The van der Waals surface area contributed by atoms with Crippen molar-refractivity contribution in [3.05, 3.63) is 22.2 Å². The van der Waals surface area contributed by atoms with Crippen LogP contribution in [0.4, 0.5) is 0 Å². The van der Waals surface area contributed by atoms with E-state index >= 15 is 0 Å². The van der Waals surface area contributed by atoms with Gasteiger partial charge in [0, 0.05) is 6.54 Å². The lowest BCUT2D eigenvalue weighted by Crippen LogP contribution is -2.18. The Morgan fingerprint density at radius 1 is 1.38 bits per heavy atom. The van der Waals surface area contributed by atoms with Crippen molar-refractivity contribution in [3.63, 3.8) is 0 Å². The lowest BCUT2D eigenvalue weighted by atomic mass is 9.85. The average Bonchev–Trinajstić information content (AvgIpc) is 2.69. The zero-order valence-electron chi connectivity index (χ0n) is 11.2. The van der Waals surface area contributed by atoms with Crippen LogP contribution in [0.2, 0.25) is 10.0 Å². The highest BCUT2D eigenvalue weighted by molar-refractivity contribution is 7.99. The Balaban J connectivity index is 2.01. The summed E-state index contributed by atoms with van der Waals surface area (Å²) in [6.45, 7) is 0.858. The topological polar surface area (TPSA) is 55.1 Å². The second kappa shape index (κ2) is 6.07. The van der Waals surface area contributed by atoms with Gasteiger partial charge in [-0.25, -0.2) is 4.98 Å². The van der Waals surface area contributed by atoms with Crippen molar-refractivity contribution < 1.29 is 9.90 Å². The molecule has 1 aliphatic rings. The Morgan fingerprint density at radius 3 is 2.71 bits per heavy atom. The van der Waals surface area contributed by atoms with E-state index in [9.17, 15) is 4.79 Å². The van der Waals surface area contributed by atoms with Gasteiger partial charge >= 0.3 is 5.97 Å². The zero-order valence-corrected chi connectivity index (χ0v) is 13.5. The molecule has 0 aliphatic heterocycles. The van der Waals surface area contributed by atoms with Crippen molar-refractivity contribution in [2.75, 3.05) is 5.75 Å². The molecule has 21 heavy (non-hydrogen) atoms. The number of halogens is 2. The molecule has 0 radical (unpaired) electrons. The summed E-state index contributed by atoms with van der Waals surface area (Å²) in [7, 11) is 0. The van der Waals surface area contributed by atoms with Crippen LogP contribution < -0.4 is 0 Å². The van der Waals surface area contributed by atoms with E-state index in [1.165, 1.54) is 31.0 Å². The molecule has 1 aromatic heterocycles. The number of aromatic nitrogens is 2. The monoisotopic (exact) mass is 344 g/mol. The van der Waals surface area contributed by atoms with E-state index in [2.05, 4.69) is 9.55 Å². The van der Waals surface area contributed by atoms with Crippen LogP contribution in [0.25, 0.3) is 11.0 Å². The smallest absolute Gasteiger partial charge is 0.313 e. The van der Waals surface area contributed by atoms with E-state index in [-0.39, 0.29) is 5.75 Å². The first kappa shape index (κ1) is 15.0. The Morgan fingerprint density at radius 2 is 2.10 bits per heavy atom. The number of hydrogen-bond donors (Lipinski definition) is 1. The van der Waals surface area contributed by atoms with Gasteiger partial charge in [-0.05, 0) is 30.9 Å². The summed E-state index contributed by atoms with van der Waals surface area (Å²) < 4.78 is 2.08. The van der Waals surface area contributed by atoms with E-state index in [1.54, 1.807) is 6.07 Å². The van der Waals surface area contributed by atoms with Crippen molar-refractivity contribution in [1.82, 2.24) is 9.55 Å². The number of aliphatic carboxylic acids is 1. The van der Waals surface area contributed by atoms with Crippen LogP contribution in [0.15, 0.2) is 17.3 Å². The number of fused-ring (bicyclic) bond motifs is 1. The van der Waals surface area contributed by atoms with E-state index in [0.717, 1.165) is 22.7 Å². The summed E-state index contributed by atoms with van der Waals surface area (Å²) in [5.74, 6) is -0.213. The van der Waals surface area contributed by atoms with Crippen LogP contribution in [-0.2, 0) is 11.3 Å². The molecular formula is C14H14Cl2N2O2S. The highest BCUT2D eigenvalue weighted by Crippen LogP contribution is 2.34. The van der Waals surface area contributed by atoms with Gasteiger partial charge in [-0.3, -0.25) is 4.79 Å². The first-order valence-corrected chi connectivity index (χ1v) is 8.48. The first-order chi connectivity index (χ1) is 10.0. The summed E-state index contributed by atoms with van der Waals surface area (Å²) in [5.41, 5.74) is 1.68. The fourth-order valence-corrected chi connectivity index (χ4v) is 3.50. The fraction of sp³-hybridized carbons (Fsp3) is 0.429. The van der Waals surface area contributed by atoms with Gasteiger partial charge in [0.05, 0.1) is 26.8 Å². The minimum Gasteiger partial charge on any atom is -0.481 e. The number of carbonyl (C=O) groups is 1. The zero-order chi connectivity index (χ0) is 15.0. The highest BCUT2D eigenvalue weighted by atomic mass is 35.5. The third-order valence-electron chi connectivity index (χ3n) is 3.75. The molecule has 0 amide bonds. The molecule has 1 fully saturated rings. The van der Waals surface area contributed by atoms with Gasteiger partial charge in [-0.2, -0.15) is 0 Å². The number of thioether (sulfide) groups is 1. The van der Waals surface area contributed by atoms with Crippen LogP contribution in [0.1, 0.15) is 19.3 Å². The summed E-state index contributed by atoms with van der Waals surface area (Å²) >= 11 is 13.4. The molecule has 1 saturated carbocycles. The molecule has 7 heteroatoms. The molecule has 0 unspecified atom stereocenters. The molecule has 4 nitrogen and oxygen atoms in total. The predicted molar refractivity (Wildman–Crippen MR) is 85.5 cm³/mol. The normalized spacial score (nSPS) is 15.3. The summed E-state index contributed by atoms with van der Waals surface area (Å²) in [4.78, 5) is 15.3. The van der Waals surface area contributed by atoms with Crippen molar-refractivity contribution in [3.8, 4) is 0 Å². The minimum absolute atomic E-state index is 0.00451. The molecule has 0 saturated heterocycles. The Hall–Kier alpha value is -0.910. The number of imidazole rings is 1. The minimum atomic E-state index is -0.849. The first-order valence-electron chi connectivity index (χ1n) is 6.74. The van der Waals surface area contributed by atoms with Crippen LogP contribution in [0, 0.1) is 5.92 Å². The standard InChI is InChI=1S/C14H14Cl2N2O2S/c15-9-4-11-12(5-10(9)16)18(6-8-2-1-3-8)14(17-11)21-7-13(19)20/h4-5,8H,1-3,6-7H2,(H,19,20). The average molecular weight is 345 g/mol. The van der Waals surface area contributed by atoms with Crippen molar-refractivity contribution >= 4 is 52.0 Å². The molecule has 1 heterocycles. The molecule has 0 spiro atoms. The third kappa shape index (κ3) is 3.15. The van der Waals surface area contributed by atoms with Gasteiger partial charge in [-0.15, -0.1) is 0 Å². The van der Waals surface area contributed by atoms with Crippen LogP contribution in [-0.4, -0.2) is 26.4 Å². The van der Waals surface area contributed by atoms with E-state index < -0.39 is 5.97 Å². The number of benzene rings is 1. The maximum absolute atomic E-state index is 10.8. The molecular weight excluding hydrogens is 331 g/mol. The van der Waals surface area contributed by atoms with Gasteiger partial charge < -0.3 is 9.67 Å². The Labute approximate surface area is 136 Å². The quantitative estimate of drug-likeness (QED) is 0.820. The number of carboxylic acid groups (broad SMARTS) is 1. The van der Waals surface area contributed by atoms with E-state index in [4.69, 9.17) is 28.3 Å². The van der Waals surface area contributed by atoms with Gasteiger partial charge in [0.1, 0.15) is 0 Å². The maximum Gasteiger partial charge on any atom is 0.313 e. The summed E-state index contributed by atoms with van der Waals surface area (Å²) in [6.07, 6.45) is 3.69. The molecule has 3 rings (SSSR count). The molecule has 0 atom stereocenters. The number of rotatable bonds is 5. The van der Waals surface area contributed by atoms with Crippen molar-refractivity contribution in [2.24, 2.45) is 5.92 Å². The lowest BCUT2D eigenvalue weighted by Gasteiger charge is -2.26. The van der Waals surface area contributed by atoms with Gasteiger partial charge in [0.25, 0.3) is 0 Å². The third-order valence-corrected chi connectivity index (χ3v) is 5.43. The van der Waals surface area contributed by atoms with Crippen LogP contribution in [0.3, 0.4) is 0 Å². The number of nitrogens with zero attached hydrogens (tertiary/aromatic N) is 2. The highest BCUT2D eigenvalue weighted by Gasteiger charge is 2.22. The lowest BCUT2D eigenvalue weighted by molar-refractivity contribution is -0.133. The fourth-order valence-electron chi connectivity index (χ4n) is 2.44. The largest absolute Gasteiger partial charge is 0.481 e. The van der Waals surface area contributed by atoms with Crippen molar-refractivity contribution in [2.45, 2.75) is 31.0 Å². The van der Waals surface area contributed by atoms with Gasteiger partial charge in [-0.1, -0.05) is 41.4 Å². The molecule has 1 N–H and O–H groups in total. The SMILES string of the molecule is O=C(O)CSc1nc2cc(Cl)c(Cl)cc2n1CC1CCC1. The van der Waals surface area contributed by atoms with Crippen molar-refractivity contribution in [1.29, 1.82) is 0 Å². The molecule has 2 aromatic rings. The number of carboxylic acids is 1. The van der Waals surface area contributed by atoms with Gasteiger partial charge in [0.2, 0.25) is 0 Å². The molecule has 112 valence electrons. The second-order valence-corrected chi connectivity index (χ2v) is 7.00. The predicted octanol–water partition coefficient (Wildman–Crippen LogP) is 4.32. The van der Waals surface area contributed by atoms with Gasteiger partial charge in [0.15, 0.2) is 5.16 Å². The number of hydrogen-bond acceptors (Lipinski definition) is 3.